The van der Waals surface area contributed by atoms with E-state index in [1.165, 1.54) is 23.8 Å². The molecule has 114 valence electrons. The van der Waals surface area contributed by atoms with E-state index in [-0.39, 0.29) is 17.1 Å². The van der Waals surface area contributed by atoms with E-state index in [9.17, 15) is 15.2 Å². The van der Waals surface area contributed by atoms with Gasteiger partial charge >= 0.3 is 0 Å². The largest absolute Gasteiger partial charge is 0.506 e. The second kappa shape index (κ2) is 5.93. The van der Waals surface area contributed by atoms with Crippen LogP contribution in [0.4, 0.5) is 11.4 Å². The Morgan fingerprint density at radius 2 is 2.18 bits per heavy atom. The van der Waals surface area contributed by atoms with Crippen LogP contribution in [0.25, 0.3) is 0 Å². The molecule has 6 heteroatoms. The molecule has 0 unspecified atom stereocenters. The average Bonchev–Trinajstić information content (AvgIpc) is 2.96. The summed E-state index contributed by atoms with van der Waals surface area (Å²) in [5.41, 5.74) is 2.38. The van der Waals surface area contributed by atoms with Crippen molar-refractivity contribution in [3.05, 3.63) is 57.6 Å². The van der Waals surface area contributed by atoms with Gasteiger partial charge in [-0.25, -0.2) is 0 Å². The van der Waals surface area contributed by atoms with Gasteiger partial charge in [0, 0.05) is 19.0 Å². The minimum atomic E-state index is -0.505. The van der Waals surface area contributed by atoms with Crippen LogP contribution >= 0.6 is 0 Å². The number of nitro benzene ring substituents is 1. The predicted octanol–water partition coefficient (Wildman–Crippen LogP) is 2.89. The molecule has 2 aromatic rings. The summed E-state index contributed by atoms with van der Waals surface area (Å²) in [7, 11) is 0. The van der Waals surface area contributed by atoms with Crippen LogP contribution in [-0.2, 0) is 12.8 Å². The van der Waals surface area contributed by atoms with Crippen molar-refractivity contribution in [2.24, 2.45) is 0 Å². The van der Waals surface area contributed by atoms with E-state index in [4.69, 9.17) is 4.74 Å². The van der Waals surface area contributed by atoms with Crippen LogP contribution in [-0.4, -0.2) is 23.2 Å². The Kier molecular flexibility index (Phi) is 3.82. The number of para-hydroxylation sites is 1. The number of hydrogen-bond acceptors (Lipinski definition) is 5. The number of phenols is 1. The Balaban J connectivity index is 1.68. The number of fused-ring (bicyclic) bond motifs is 1. The van der Waals surface area contributed by atoms with Crippen molar-refractivity contribution in [1.29, 1.82) is 0 Å². The number of aromatic hydroxyl groups is 1. The van der Waals surface area contributed by atoms with Crippen LogP contribution in [0.15, 0.2) is 36.4 Å². The Hall–Kier alpha value is -2.76. The van der Waals surface area contributed by atoms with Crippen LogP contribution in [0.1, 0.15) is 11.1 Å². The summed E-state index contributed by atoms with van der Waals surface area (Å²) >= 11 is 0. The number of nitro groups is 1. The number of phenolic OH excluding ortho intramolecular Hbond substituents is 1. The third kappa shape index (κ3) is 2.81. The molecule has 22 heavy (non-hydrogen) atoms. The lowest BCUT2D eigenvalue weighted by Crippen LogP contribution is -2.07. The molecule has 1 aliphatic rings. The number of benzene rings is 2. The van der Waals surface area contributed by atoms with Gasteiger partial charge in [-0.2, -0.15) is 0 Å². The lowest BCUT2D eigenvalue weighted by molar-refractivity contribution is -0.384. The molecule has 6 nitrogen and oxygen atoms in total. The van der Waals surface area contributed by atoms with Crippen molar-refractivity contribution in [2.45, 2.75) is 12.8 Å². The zero-order valence-electron chi connectivity index (χ0n) is 11.9. The van der Waals surface area contributed by atoms with Crippen molar-refractivity contribution < 1.29 is 14.8 Å². The van der Waals surface area contributed by atoms with Gasteiger partial charge in [-0.15, -0.1) is 0 Å². The molecule has 2 aromatic carbocycles. The first-order chi connectivity index (χ1) is 10.6. The molecule has 0 saturated heterocycles. The van der Waals surface area contributed by atoms with Crippen molar-refractivity contribution in [1.82, 2.24) is 0 Å². The minimum absolute atomic E-state index is 0.114. The molecule has 0 amide bonds. The first-order valence-corrected chi connectivity index (χ1v) is 7.10. The molecule has 0 radical (unpaired) electrons. The molecule has 0 fully saturated rings. The van der Waals surface area contributed by atoms with E-state index in [1.54, 1.807) is 0 Å². The predicted molar refractivity (Wildman–Crippen MR) is 82.6 cm³/mol. The maximum Gasteiger partial charge on any atom is 0.296 e. The van der Waals surface area contributed by atoms with Crippen LogP contribution in [0.5, 0.6) is 11.5 Å². The van der Waals surface area contributed by atoms with Gasteiger partial charge in [-0.05, 0) is 29.7 Å². The maximum absolute atomic E-state index is 11.0. The smallest absolute Gasteiger partial charge is 0.296 e. The molecule has 0 aromatic heterocycles. The number of anilines is 1. The van der Waals surface area contributed by atoms with E-state index in [0.717, 1.165) is 24.3 Å². The van der Waals surface area contributed by atoms with Gasteiger partial charge in [0.25, 0.3) is 5.69 Å². The monoisotopic (exact) mass is 300 g/mol. The summed E-state index contributed by atoms with van der Waals surface area (Å²) in [6.07, 6.45) is 1.63. The third-order valence-corrected chi connectivity index (χ3v) is 3.69. The zero-order valence-corrected chi connectivity index (χ0v) is 11.9. The second-order valence-corrected chi connectivity index (χ2v) is 5.15. The zero-order chi connectivity index (χ0) is 15.5. The number of ether oxygens (including phenoxy) is 1. The van der Waals surface area contributed by atoms with Crippen LogP contribution < -0.4 is 10.1 Å². The van der Waals surface area contributed by atoms with Crippen LogP contribution in [0.3, 0.4) is 0 Å². The highest BCUT2D eigenvalue weighted by Crippen LogP contribution is 2.33. The molecule has 3 rings (SSSR count). The van der Waals surface area contributed by atoms with E-state index in [0.29, 0.717) is 13.0 Å². The van der Waals surface area contributed by atoms with Gasteiger partial charge in [-0.3, -0.25) is 10.1 Å². The van der Waals surface area contributed by atoms with Crippen molar-refractivity contribution in [2.75, 3.05) is 18.5 Å². The van der Waals surface area contributed by atoms with Crippen molar-refractivity contribution in [3.8, 4) is 11.5 Å². The maximum atomic E-state index is 11.0. The minimum Gasteiger partial charge on any atom is -0.506 e. The summed E-state index contributed by atoms with van der Waals surface area (Å²) in [6.45, 7) is 1.22. The quantitative estimate of drug-likeness (QED) is 0.504. The molecule has 2 N–H and O–H groups in total. The van der Waals surface area contributed by atoms with Gasteiger partial charge in [0.05, 0.1) is 11.5 Å². The third-order valence-electron chi connectivity index (χ3n) is 3.69. The number of nitrogens with one attached hydrogen (secondary N) is 1. The number of hydrogen-bond donors (Lipinski definition) is 2. The number of rotatable bonds is 5. The Morgan fingerprint density at radius 1 is 1.32 bits per heavy atom. The molecular formula is C16H16N2O4. The van der Waals surface area contributed by atoms with E-state index >= 15 is 0 Å². The summed E-state index contributed by atoms with van der Waals surface area (Å²) in [5.74, 6) is 0.824. The van der Waals surface area contributed by atoms with Gasteiger partial charge in [0.1, 0.15) is 11.5 Å². The SMILES string of the molecule is O=[N+]([O-])c1cccc(O)c1NCCc1ccc2c(c1)CCO2. The highest BCUT2D eigenvalue weighted by atomic mass is 16.6. The summed E-state index contributed by atoms with van der Waals surface area (Å²) in [6, 6.07) is 10.3. The Labute approximate surface area is 127 Å². The molecule has 0 atom stereocenters. The summed E-state index contributed by atoms with van der Waals surface area (Å²) < 4.78 is 5.46. The normalized spacial score (nSPS) is 12.5. The topological polar surface area (TPSA) is 84.6 Å². The first-order valence-electron chi connectivity index (χ1n) is 7.10. The van der Waals surface area contributed by atoms with E-state index in [2.05, 4.69) is 11.4 Å². The highest BCUT2D eigenvalue weighted by Gasteiger charge is 2.17. The Morgan fingerprint density at radius 3 is 3.00 bits per heavy atom. The summed E-state index contributed by atoms with van der Waals surface area (Å²) in [5, 5.41) is 23.7. The molecule has 0 bridgehead atoms. The van der Waals surface area contributed by atoms with Crippen LogP contribution in [0.2, 0.25) is 0 Å². The lowest BCUT2D eigenvalue weighted by Gasteiger charge is -2.09. The lowest BCUT2D eigenvalue weighted by atomic mass is 10.1. The molecular weight excluding hydrogens is 284 g/mol. The van der Waals surface area contributed by atoms with Crippen molar-refractivity contribution in [3.63, 3.8) is 0 Å². The fraction of sp³-hybridized carbons (Fsp3) is 0.250. The molecule has 1 heterocycles. The molecule has 0 saturated carbocycles. The fourth-order valence-electron chi connectivity index (χ4n) is 2.59. The average molecular weight is 300 g/mol. The van der Waals surface area contributed by atoms with Crippen LogP contribution in [0, 0.1) is 10.1 Å². The molecule has 1 aliphatic heterocycles. The Bertz CT molecular complexity index is 715. The van der Waals surface area contributed by atoms with Gasteiger partial charge in [0.2, 0.25) is 0 Å². The second-order valence-electron chi connectivity index (χ2n) is 5.15. The van der Waals surface area contributed by atoms with E-state index < -0.39 is 4.92 Å². The van der Waals surface area contributed by atoms with Gasteiger partial charge in [-0.1, -0.05) is 18.2 Å². The standard InChI is InChI=1S/C16H16N2O4/c19-14-3-1-2-13(18(20)21)16(14)17-8-6-11-4-5-15-12(10-11)7-9-22-15/h1-5,10,17,19H,6-9H2. The highest BCUT2D eigenvalue weighted by molar-refractivity contribution is 5.69. The summed E-state index contributed by atoms with van der Waals surface area (Å²) in [4.78, 5) is 10.5. The molecule has 0 aliphatic carbocycles. The van der Waals surface area contributed by atoms with Gasteiger partial charge in [0.15, 0.2) is 5.69 Å². The number of nitrogens with zero attached hydrogens (tertiary/aromatic N) is 1. The van der Waals surface area contributed by atoms with Crippen molar-refractivity contribution >= 4 is 11.4 Å². The van der Waals surface area contributed by atoms with Gasteiger partial charge < -0.3 is 15.2 Å². The van der Waals surface area contributed by atoms with E-state index in [1.807, 2.05) is 12.1 Å². The fourth-order valence-corrected chi connectivity index (χ4v) is 2.59. The first kappa shape index (κ1) is 14.2. The molecule has 0 spiro atoms.